The minimum Gasteiger partial charge on any atom is -0.545 e. The van der Waals surface area contributed by atoms with Gasteiger partial charge in [-0.25, -0.2) is 17.5 Å². The van der Waals surface area contributed by atoms with E-state index in [-0.39, 0.29) is 19.8 Å². The van der Waals surface area contributed by atoms with E-state index in [2.05, 4.69) is 5.10 Å². The maximum absolute atomic E-state index is 13.3. The number of thiophene rings is 1. The summed E-state index contributed by atoms with van der Waals surface area (Å²) < 4.78 is 42.0. The second-order valence-corrected chi connectivity index (χ2v) is 11.2. The van der Waals surface area contributed by atoms with Crippen LogP contribution >= 0.6 is 22.9 Å². The number of piperidine rings is 1. The maximum atomic E-state index is 13.3. The largest absolute Gasteiger partial charge is 0.545 e. The number of aliphatic carboxylic acids is 1. The van der Waals surface area contributed by atoms with Crippen molar-refractivity contribution in [3.63, 3.8) is 0 Å². The molecule has 11 heteroatoms. The minimum atomic E-state index is -3.69. The molecule has 2 aromatic heterocycles. The number of rotatable bonds is 6. The Morgan fingerprint density at radius 2 is 1.82 bits per heavy atom. The van der Waals surface area contributed by atoms with Crippen LogP contribution in [0.1, 0.15) is 35.4 Å². The van der Waals surface area contributed by atoms with Gasteiger partial charge >= 0.3 is 0 Å². The zero-order chi connectivity index (χ0) is 23.8. The van der Waals surface area contributed by atoms with Crippen LogP contribution in [0.15, 0.2) is 40.6 Å². The number of aromatic nitrogens is 2. The van der Waals surface area contributed by atoms with Crippen LogP contribution in [0.3, 0.4) is 0 Å². The molecular formula is C22H20ClFN3O4S2-. The number of aryl methyl sites for hydroxylation is 1. The Hall–Kier alpha value is -2.53. The van der Waals surface area contributed by atoms with E-state index in [0.717, 1.165) is 30.6 Å². The van der Waals surface area contributed by atoms with E-state index in [1.807, 2.05) is 0 Å². The predicted octanol–water partition coefficient (Wildman–Crippen LogP) is 3.50. The molecule has 1 fully saturated rings. The molecule has 3 aromatic rings. The van der Waals surface area contributed by atoms with Gasteiger partial charge in [0.1, 0.15) is 15.2 Å². The van der Waals surface area contributed by atoms with Crippen molar-refractivity contribution in [2.75, 3.05) is 13.1 Å². The zero-order valence-electron chi connectivity index (χ0n) is 17.6. The standard InChI is InChI=1S/C22H21ClFN3O4S2/c1-14-17(21(23)27(25-14)16-7-5-15(24)6-8-16)13-18(22(28)29)19-9-10-20(32-19)33(30,31)26-11-3-2-4-12-26/h5-10,13H,2-4,11-12H2,1H3,(H,28,29)/p-1/b18-13-. The van der Waals surface area contributed by atoms with Crippen LogP contribution in [-0.2, 0) is 14.8 Å². The predicted molar refractivity (Wildman–Crippen MR) is 123 cm³/mol. The summed E-state index contributed by atoms with van der Waals surface area (Å²) >= 11 is 7.34. The first-order valence-corrected chi connectivity index (χ1v) is 12.9. The van der Waals surface area contributed by atoms with E-state index >= 15 is 0 Å². The summed E-state index contributed by atoms with van der Waals surface area (Å²) in [6, 6.07) is 8.39. The zero-order valence-corrected chi connectivity index (χ0v) is 20.0. The highest BCUT2D eigenvalue weighted by Crippen LogP contribution is 2.33. The Morgan fingerprint density at radius 3 is 2.45 bits per heavy atom. The Morgan fingerprint density at radius 1 is 1.15 bits per heavy atom. The molecule has 0 amide bonds. The topological polar surface area (TPSA) is 95.3 Å². The van der Waals surface area contributed by atoms with Crippen molar-refractivity contribution in [1.82, 2.24) is 14.1 Å². The summed E-state index contributed by atoms with van der Waals surface area (Å²) in [7, 11) is -3.69. The quantitative estimate of drug-likeness (QED) is 0.475. The third-order valence-corrected chi connectivity index (χ3v) is 9.23. The number of carboxylic acid groups (broad SMARTS) is 1. The van der Waals surface area contributed by atoms with Crippen molar-refractivity contribution in [2.24, 2.45) is 0 Å². The molecule has 1 aliphatic heterocycles. The van der Waals surface area contributed by atoms with Gasteiger partial charge in [-0.05, 0) is 62.2 Å². The lowest BCUT2D eigenvalue weighted by molar-refractivity contribution is -0.295. The number of carbonyl (C=O) groups excluding carboxylic acids is 1. The van der Waals surface area contributed by atoms with Gasteiger partial charge in [-0.15, -0.1) is 11.3 Å². The van der Waals surface area contributed by atoms with E-state index in [1.54, 1.807) is 6.92 Å². The Labute approximate surface area is 199 Å². The monoisotopic (exact) mass is 508 g/mol. The molecule has 0 unspecified atom stereocenters. The third-order valence-electron chi connectivity index (χ3n) is 5.38. The summed E-state index contributed by atoms with van der Waals surface area (Å²) in [5.74, 6) is -1.88. The van der Waals surface area contributed by atoms with E-state index in [0.29, 0.717) is 30.0 Å². The molecule has 33 heavy (non-hydrogen) atoms. The number of benzene rings is 1. The number of hydrogen-bond donors (Lipinski definition) is 0. The van der Waals surface area contributed by atoms with Crippen molar-refractivity contribution in [3.05, 3.63) is 63.5 Å². The van der Waals surface area contributed by atoms with E-state index in [4.69, 9.17) is 11.6 Å². The van der Waals surface area contributed by atoms with Gasteiger partial charge in [-0.2, -0.15) is 9.40 Å². The first-order chi connectivity index (χ1) is 15.7. The molecule has 1 saturated heterocycles. The van der Waals surface area contributed by atoms with Crippen molar-refractivity contribution in [3.8, 4) is 5.69 Å². The lowest BCUT2D eigenvalue weighted by Crippen LogP contribution is -2.35. The minimum absolute atomic E-state index is 0.0800. The summed E-state index contributed by atoms with van der Waals surface area (Å²) in [6.07, 6.45) is 3.92. The van der Waals surface area contributed by atoms with Crippen LogP contribution in [0, 0.1) is 12.7 Å². The highest BCUT2D eigenvalue weighted by atomic mass is 35.5. The van der Waals surface area contributed by atoms with Crippen LogP contribution in [0.25, 0.3) is 17.3 Å². The van der Waals surface area contributed by atoms with Gasteiger partial charge < -0.3 is 9.90 Å². The van der Waals surface area contributed by atoms with Gasteiger partial charge in [0.05, 0.1) is 17.4 Å². The summed E-state index contributed by atoms with van der Waals surface area (Å²) in [6.45, 7) is 2.57. The SMILES string of the molecule is Cc1nn(-c2ccc(F)cc2)c(Cl)c1/C=C(\C(=O)[O-])c1ccc(S(=O)(=O)N2CCCCC2)s1. The number of carbonyl (C=O) groups is 1. The summed E-state index contributed by atoms with van der Waals surface area (Å²) in [5.41, 5.74) is 1.09. The first-order valence-electron chi connectivity index (χ1n) is 10.2. The van der Waals surface area contributed by atoms with Gasteiger partial charge in [-0.1, -0.05) is 18.0 Å². The molecule has 0 N–H and O–H groups in total. The molecule has 7 nitrogen and oxygen atoms in total. The molecule has 0 aliphatic carbocycles. The lowest BCUT2D eigenvalue weighted by Gasteiger charge is -2.25. The van der Waals surface area contributed by atoms with Gasteiger partial charge in [0, 0.05) is 29.1 Å². The highest BCUT2D eigenvalue weighted by molar-refractivity contribution is 7.91. The Balaban J connectivity index is 1.71. The first kappa shape index (κ1) is 23.6. The average Bonchev–Trinajstić information content (AvgIpc) is 3.39. The fourth-order valence-corrected chi connectivity index (χ4v) is 6.95. The number of sulfonamides is 1. The number of halogens is 2. The smallest absolute Gasteiger partial charge is 0.252 e. The highest BCUT2D eigenvalue weighted by Gasteiger charge is 2.28. The number of carboxylic acids is 1. The molecule has 1 aliphatic rings. The van der Waals surface area contributed by atoms with Crippen molar-refractivity contribution < 1.29 is 22.7 Å². The summed E-state index contributed by atoms with van der Waals surface area (Å²) in [4.78, 5) is 12.2. The fourth-order valence-electron chi connectivity index (χ4n) is 3.64. The van der Waals surface area contributed by atoms with Gasteiger partial charge in [0.15, 0.2) is 0 Å². The van der Waals surface area contributed by atoms with E-state index in [1.165, 1.54) is 51.5 Å². The van der Waals surface area contributed by atoms with E-state index in [9.17, 15) is 22.7 Å². The average molecular weight is 509 g/mol. The normalized spacial score (nSPS) is 15.7. The second kappa shape index (κ2) is 9.38. The van der Waals surface area contributed by atoms with Crippen molar-refractivity contribution >= 4 is 50.6 Å². The van der Waals surface area contributed by atoms with Gasteiger partial charge in [0.2, 0.25) is 0 Å². The molecular weight excluding hydrogens is 489 g/mol. The Bertz CT molecular complexity index is 1320. The molecule has 0 atom stereocenters. The van der Waals surface area contributed by atoms with Crippen LogP contribution in [0.5, 0.6) is 0 Å². The second-order valence-electron chi connectivity index (χ2n) is 7.61. The summed E-state index contributed by atoms with van der Waals surface area (Å²) in [5, 5.41) is 16.4. The van der Waals surface area contributed by atoms with Crippen molar-refractivity contribution in [1.29, 1.82) is 0 Å². The molecule has 1 aromatic carbocycles. The van der Waals surface area contributed by atoms with Crippen LogP contribution in [0.2, 0.25) is 5.15 Å². The lowest BCUT2D eigenvalue weighted by atomic mass is 10.1. The van der Waals surface area contributed by atoms with Crippen LogP contribution < -0.4 is 5.11 Å². The van der Waals surface area contributed by atoms with Gasteiger partial charge in [0.25, 0.3) is 10.0 Å². The van der Waals surface area contributed by atoms with E-state index < -0.39 is 21.8 Å². The fraction of sp³-hybridized carbons (Fsp3) is 0.273. The maximum Gasteiger partial charge on any atom is 0.252 e. The molecule has 0 radical (unpaired) electrons. The van der Waals surface area contributed by atoms with Crippen LogP contribution in [-0.4, -0.2) is 41.6 Å². The molecule has 0 bridgehead atoms. The third kappa shape index (κ3) is 4.74. The molecule has 174 valence electrons. The van der Waals surface area contributed by atoms with Crippen molar-refractivity contribution in [2.45, 2.75) is 30.4 Å². The molecule has 3 heterocycles. The number of nitrogens with zero attached hydrogens (tertiary/aromatic N) is 3. The van der Waals surface area contributed by atoms with Crippen LogP contribution in [0.4, 0.5) is 4.39 Å². The van der Waals surface area contributed by atoms with Gasteiger partial charge in [-0.3, -0.25) is 0 Å². The molecule has 0 saturated carbocycles. The molecule has 4 rings (SSSR count). The number of hydrogen-bond acceptors (Lipinski definition) is 6. The molecule has 0 spiro atoms. The Kier molecular flexibility index (Phi) is 6.71.